The molecule has 2 amide bonds. The Morgan fingerprint density at radius 3 is 2.81 bits per heavy atom. The molecule has 4 nitrogen and oxygen atoms in total. The molecule has 0 saturated carbocycles. The van der Waals surface area contributed by atoms with Crippen molar-refractivity contribution in [1.82, 2.24) is 0 Å². The van der Waals surface area contributed by atoms with Gasteiger partial charge in [-0.3, -0.25) is 9.59 Å². The van der Waals surface area contributed by atoms with Gasteiger partial charge in [-0.25, -0.2) is 0 Å². The van der Waals surface area contributed by atoms with Crippen LogP contribution in [-0.4, -0.2) is 11.8 Å². The molecule has 0 spiro atoms. The number of amides is 2. The molecule has 0 aromatic heterocycles. The first-order valence-corrected chi connectivity index (χ1v) is 6.99. The van der Waals surface area contributed by atoms with Gasteiger partial charge >= 0.3 is 0 Å². The molecule has 2 aromatic carbocycles. The first-order chi connectivity index (χ1) is 10.1. The van der Waals surface area contributed by atoms with Gasteiger partial charge in [-0.15, -0.1) is 0 Å². The smallest absolute Gasteiger partial charge is 0.255 e. The number of carbonyl (C=O) groups is 2. The van der Waals surface area contributed by atoms with Crippen molar-refractivity contribution in [3.05, 3.63) is 58.6 Å². The molecule has 0 saturated heterocycles. The second-order valence-electron chi connectivity index (χ2n) is 4.88. The Balaban J connectivity index is 1.79. The first kappa shape index (κ1) is 13.6. The van der Waals surface area contributed by atoms with Crippen molar-refractivity contribution in [2.45, 2.75) is 12.8 Å². The SMILES string of the molecule is O=C1CCc2cc(NC(=O)c3cccc(Cl)c3)ccc2N1. The normalized spacial score (nSPS) is 13.3. The van der Waals surface area contributed by atoms with E-state index in [0.717, 1.165) is 11.3 Å². The van der Waals surface area contributed by atoms with Gasteiger partial charge in [0.25, 0.3) is 5.91 Å². The topological polar surface area (TPSA) is 58.2 Å². The Kier molecular flexibility index (Phi) is 3.62. The van der Waals surface area contributed by atoms with E-state index in [2.05, 4.69) is 10.6 Å². The summed E-state index contributed by atoms with van der Waals surface area (Å²) in [6, 6.07) is 12.2. The van der Waals surface area contributed by atoms with E-state index >= 15 is 0 Å². The molecule has 0 unspecified atom stereocenters. The van der Waals surface area contributed by atoms with Crippen molar-refractivity contribution >= 4 is 34.8 Å². The fourth-order valence-corrected chi connectivity index (χ4v) is 2.48. The number of halogens is 1. The molecule has 21 heavy (non-hydrogen) atoms. The van der Waals surface area contributed by atoms with E-state index in [1.54, 1.807) is 36.4 Å². The molecule has 0 aliphatic carbocycles. The van der Waals surface area contributed by atoms with Crippen LogP contribution in [0.3, 0.4) is 0 Å². The lowest BCUT2D eigenvalue weighted by molar-refractivity contribution is -0.116. The van der Waals surface area contributed by atoms with Gasteiger partial charge in [0.05, 0.1) is 0 Å². The lowest BCUT2D eigenvalue weighted by Crippen LogP contribution is -2.19. The largest absolute Gasteiger partial charge is 0.326 e. The lowest BCUT2D eigenvalue weighted by Gasteiger charge is -2.17. The molecule has 2 N–H and O–H groups in total. The predicted molar refractivity (Wildman–Crippen MR) is 82.8 cm³/mol. The van der Waals surface area contributed by atoms with E-state index in [1.165, 1.54) is 0 Å². The van der Waals surface area contributed by atoms with Crippen molar-refractivity contribution in [2.75, 3.05) is 10.6 Å². The minimum Gasteiger partial charge on any atom is -0.326 e. The van der Waals surface area contributed by atoms with Crippen LogP contribution in [0.4, 0.5) is 11.4 Å². The van der Waals surface area contributed by atoms with Gasteiger partial charge in [0.1, 0.15) is 0 Å². The lowest BCUT2D eigenvalue weighted by atomic mass is 10.0. The van der Waals surface area contributed by atoms with E-state index in [9.17, 15) is 9.59 Å². The van der Waals surface area contributed by atoms with Crippen molar-refractivity contribution in [2.24, 2.45) is 0 Å². The zero-order chi connectivity index (χ0) is 14.8. The van der Waals surface area contributed by atoms with E-state index < -0.39 is 0 Å². The summed E-state index contributed by atoms with van der Waals surface area (Å²) >= 11 is 5.88. The van der Waals surface area contributed by atoms with E-state index in [-0.39, 0.29) is 11.8 Å². The maximum atomic E-state index is 12.1. The third kappa shape index (κ3) is 3.06. The summed E-state index contributed by atoms with van der Waals surface area (Å²) in [4.78, 5) is 23.5. The van der Waals surface area contributed by atoms with Crippen LogP contribution in [0.1, 0.15) is 22.3 Å². The number of rotatable bonds is 2. The maximum Gasteiger partial charge on any atom is 0.255 e. The second-order valence-corrected chi connectivity index (χ2v) is 5.32. The summed E-state index contributed by atoms with van der Waals surface area (Å²) < 4.78 is 0. The monoisotopic (exact) mass is 300 g/mol. The Hall–Kier alpha value is -2.33. The highest BCUT2D eigenvalue weighted by Gasteiger charge is 2.15. The van der Waals surface area contributed by atoms with Crippen LogP contribution in [0.25, 0.3) is 0 Å². The zero-order valence-electron chi connectivity index (χ0n) is 11.2. The summed E-state index contributed by atoms with van der Waals surface area (Å²) in [5.41, 5.74) is 3.05. The van der Waals surface area contributed by atoms with Crippen LogP contribution in [0, 0.1) is 0 Å². The van der Waals surface area contributed by atoms with Crippen molar-refractivity contribution in [3.8, 4) is 0 Å². The highest BCUT2D eigenvalue weighted by molar-refractivity contribution is 6.31. The van der Waals surface area contributed by atoms with Crippen LogP contribution >= 0.6 is 11.6 Å². The summed E-state index contributed by atoms with van der Waals surface area (Å²) in [6.07, 6.45) is 1.15. The van der Waals surface area contributed by atoms with E-state index in [4.69, 9.17) is 11.6 Å². The summed E-state index contributed by atoms with van der Waals surface area (Å²) in [6.45, 7) is 0. The molecule has 0 bridgehead atoms. The zero-order valence-corrected chi connectivity index (χ0v) is 11.9. The van der Waals surface area contributed by atoms with Crippen molar-refractivity contribution in [1.29, 1.82) is 0 Å². The summed E-state index contributed by atoms with van der Waals surface area (Å²) in [7, 11) is 0. The standard InChI is InChI=1S/C16H13ClN2O2/c17-12-3-1-2-11(8-12)16(21)18-13-5-6-14-10(9-13)4-7-15(20)19-14/h1-3,5-6,8-9H,4,7H2,(H,18,21)(H,19,20). The molecule has 1 aliphatic heterocycles. The number of fused-ring (bicyclic) bond motifs is 1. The highest BCUT2D eigenvalue weighted by Crippen LogP contribution is 2.26. The van der Waals surface area contributed by atoms with Crippen LogP contribution in [-0.2, 0) is 11.2 Å². The first-order valence-electron chi connectivity index (χ1n) is 6.61. The number of nitrogens with one attached hydrogen (secondary N) is 2. The summed E-state index contributed by atoms with van der Waals surface area (Å²) in [5, 5.41) is 6.17. The molecule has 0 atom stereocenters. The molecule has 1 heterocycles. The molecule has 0 fully saturated rings. The minimum absolute atomic E-state index is 0.0261. The second kappa shape index (κ2) is 5.58. The van der Waals surface area contributed by atoms with Gasteiger partial charge in [-0.2, -0.15) is 0 Å². The number of hydrogen-bond donors (Lipinski definition) is 2. The summed E-state index contributed by atoms with van der Waals surface area (Å²) in [5.74, 6) is -0.185. The fraction of sp³-hybridized carbons (Fsp3) is 0.125. The van der Waals surface area contributed by atoms with Crippen LogP contribution in [0.15, 0.2) is 42.5 Å². The molecular formula is C16H13ClN2O2. The van der Waals surface area contributed by atoms with Gasteiger partial charge < -0.3 is 10.6 Å². The average molecular weight is 301 g/mol. The van der Waals surface area contributed by atoms with Gasteiger partial charge in [0.2, 0.25) is 5.91 Å². The third-order valence-corrected chi connectivity index (χ3v) is 3.58. The van der Waals surface area contributed by atoms with E-state index in [0.29, 0.717) is 29.1 Å². The molecule has 0 radical (unpaired) electrons. The molecule has 3 rings (SSSR count). The predicted octanol–water partition coefficient (Wildman–Crippen LogP) is 3.48. The number of aryl methyl sites for hydroxylation is 1. The van der Waals surface area contributed by atoms with Crippen LogP contribution in [0.5, 0.6) is 0 Å². The molecule has 106 valence electrons. The minimum atomic E-state index is -0.211. The van der Waals surface area contributed by atoms with E-state index in [1.807, 2.05) is 6.07 Å². The highest BCUT2D eigenvalue weighted by atomic mass is 35.5. The maximum absolute atomic E-state index is 12.1. The van der Waals surface area contributed by atoms with Crippen LogP contribution in [0.2, 0.25) is 5.02 Å². The Morgan fingerprint density at radius 1 is 1.14 bits per heavy atom. The molecular weight excluding hydrogens is 288 g/mol. The number of anilines is 2. The Bertz CT molecular complexity index is 728. The number of carbonyl (C=O) groups excluding carboxylic acids is 2. The van der Waals surface area contributed by atoms with Gasteiger partial charge in [0, 0.05) is 28.4 Å². The van der Waals surface area contributed by atoms with Gasteiger partial charge in [-0.05, 0) is 48.4 Å². The van der Waals surface area contributed by atoms with Crippen molar-refractivity contribution in [3.63, 3.8) is 0 Å². The number of hydrogen-bond acceptors (Lipinski definition) is 2. The Labute approximate surface area is 127 Å². The molecule has 5 heteroatoms. The average Bonchev–Trinajstić information content (AvgIpc) is 2.47. The number of benzene rings is 2. The fourth-order valence-electron chi connectivity index (χ4n) is 2.29. The Morgan fingerprint density at radius 2 is 2.00 bits per heavy atom. The quantitative estimate of drug-likeness (QED) is 0.892. The van der Waals surface area contributed by atoms with Crippen molar-refractivity contribution < 1.29 is 9.59 Å². The van der Waals surface area contributed by atoms with Crippen LogP contribution < -0.4 is 10.6 Å². The van der Waals surface area contributed by atoms with Gasteiger partial charge in [-0.1, -0.05) is 17.7 Å². The van der Waals surface area contributed by atoms with Gasteiger partial charge in [0.15, 0.2) is 0 Å². The molecule has 2 aromatic rings. The molecule has 1 aliphatic rings. The third-order valence-electron chi connectivity index (χ3n) is 3.35.